The minimum atomic E-state index is 0.629. The summed E-state index contributed by atoms with van der Waals surface area (Å²) in [6.45, 7) is 1.80. The van der Waals surface area contributed by atoms with Crippen molar-refractivity contribution in [3.8, 4) is 0 Å². The summed E-state index contributed by atoms with van der Waals surface area (Å²) in [7, 11) is 0. The Kier molecular flexibility index (Phi) is 2.50. The predicted octanol–water partition coefficient (Wildman–Crippen LogP) is 2.62. The van der Waals surface area contributed by atoms with Crippen molar-refractivity contribution >= 4 is 11.6 Å². The van der Waals surface area contributed by atoms with Gasteiger partial charge in [-0.25, -0.2) is 0 Å². The van der Waals surface area contributed by atoms with Crippen LogP contribution in [0.1, 0.15) is 17.3 Å². The molecule has 72 valence electrons. The zero-order valence-corrected chi connectivity index (χ0v) is 8.45. The summed E-state index contributed by atoms with van der Waals surface area (Å²) < 4.78 is 5.00. The second-order valence-corrected chi connectivity index (χ2v) is 3.48. The highest BCUT2D eigenvalue weighted by molar-refractivity contribution is 6.30. The van der Waals surface area contributed by atoms with E-state index in [1.165, 1.54) is 0 Å². The van der Waals surface area contributed by atoms with E-state index in [4.69, 9.17) is 16.1 Å². The Labute approximate surface area is 86.7 Å². The van der Waals surface area contributed by atoms with E-state index in [1.54, 1.807) is 6.92 Å². The molecule has 1 heterocycles. The van der Waals surface area contributed by atoms with Gasteiger partial charge < -0.3 is 4.52 Å². The van der Waals surface area contributed by atoms with E-state index in [9.17, 15) is 0 Å². The van der Waals surface area contributed by atoms with Gasteiger partial charge in [-0.15, -0.1) is 0 Å². The summed E-state index contributed by atoms with van der Waals surface area (Å²) in [5.74, 6) is 1.29. The van der Waals surface area contributed by atoms with Crippen molar-refractivity contribution in [2.75, 3.05) is 0 Å². The van der Waals surface area contributed by atoms with Crippen LogP contribution in [0.15, 0.2) is 28.8 Å². The monoisotopic (exact) mass is 208 g/mol. The molecule has 0 saturated heterocycles. The molecule has 1 aromatic carbocycles. The Morgan fingerprint density at radius 2 is 2.00 bits per heavy atom. The van der Waals surface area contributed by atoms with Gasteiger partial charge in [0, 0.05) is 5.02 Å². The lowest BCUT2D eigenvalue weighted by Gasteiger charge is -1.95. The van der Waals surface area contributed by atoms with Crippen LogP contribution >= 0.6 is 11.6 Å². The predicted molar refractivity (Wildman–Crippen MR) is 53.3 cm³/mol. The molecule has 3 nitrogen and oxygen atoms in total. The van der Waals surface area contributed by atoms with E-state index < -0.39 is 0 Å². The lowest BCUT2D eigenvalue weighted by atomic mass is 10.1. The minimum absolute atomic E-state index is 0.629. The van der Waals surface area contributed by atoms with Crippen molar-refractivity contribution in [2.45, 2.75) is 13.3 Å². The highest BCUT2D eigenvalue weighted by Gasteiger charge is 2.03. The van der Waals surface area contributed by atoms with E-state index in [2.05, 4.69) is 10.1 Å². The molecule has 14 heavy (non-hydrogen) atoms. The molecular weight excluding hydrogens is 200 g/mol. The first kappa shape index (κ1) is 9.21. The van der Waals surface area contributed by atoms with Crippen molar-refractivity contribution in [3.05, 3.63) is 46.6 Å². The zero-order valence-electron chi connectivity index (χ0n) is 7.70. The van der Waals surface area contributed by atoms with Crippen LogP contribution in [0.3, 0.4) is 0 Å². The molecule has 0 bridgehead atoms. The molecule has 0 unspecified atom stereocenters. The largest absolute Gasteiger partial charge is 0.339 e. The maximum Gasteiger partial charge on any atom is 0.231 e. The zero-order chi connectivity index (χ0) is 9.97. The van der Waals surface area contributed by atoms with Crippen LogP contribution < -0.4 is 0 Å². The molecule has 2 aromatic rings. The molecule has 0 fully saturated rings. The normalized spacial score (nSPS) is 10.4. The lowest BCUT2D eigenvalue weighted by Crippen LogP contribution is -1.87. The van der Waals surface area contributed by atoms with Gasteiger partial charge in [0.05, 0.1) is 6.42 Å². The number of rotatable bonds is 2. The van der Waals surface area contributed by atoms with Gasteiger partial charge in [-0.2, -0.15) is 4.98 Å². The summed E-state index contributed by atoms with van der Waals surface area (Å²) in [6, 6.07) is 7.59. The molecule has 1 aromatic heterocycles. The van der Waals surface area contributed by atoms with Gasteiger partial charge in [0.1, 0.15) is 0 Å². The molecule has 0 spiro atoms. The summed E-state index contributed by atoms with van der Waals surface area (Å²) >= 11 is 5.77. The average Bonchev–Trinajstić information content (AvgIpc) is 2.56. The first-order valence-electron chi connectivity index (χ1n) is 4.27. The molecular formula is C10H9ClN2O. The third-order valence-corrected chi connectivity index (χ3v) is 2.09. The molecule has 2 rings (SSSR count). The summed E-state index contributed by atoms with van der Waals surface area (Å²) in [4.78, 5) is 4.12. The van der Waals surface area contributed by atoms with Gasteiger partial charge in [-0.05, 0) is 24.6 Å². The van der Waals surface area contributed by atoms with Crippen LogP contribution in [0, 0.1) is 6.92 Å². The topological polar surface area (TPSA) is 38.9 Å². The maximum absolute atomic E-state index is 5.77. The van der Waals surface area contributed by atoms with Crippen molar-refractivity contribution in [1.29, 1.82) is 0 Å². The van der Waals surface area contributed by atoms with Crippen LogP contribution in [-0.2, 0) is 6.42 Å². The van der Waals surface area contributed by atoms with Gasteiger partial charge in [0.2, 0.25) is 5.89 Å². The Bertz CT molecular complexity index is 422. The van der Waals surface area contributed by atoms with Crippen LogP contribution in [0.5, 0.6) is 0 Å². The van der Waals surface area contributed by atoms with Crippen LogP contribution in [-0.4, -0.2) is 10.1 Å². The van der Waals surface area contributed by atoms with Crippen LogP contribution in [0.25, 0.3) is 0 Å². The minimum Gasteiger partial charge on any atom is -0.339 e. The fourth-order valence-electron chi connectivity index (χ4n) is 1.19. The van der Waals surface area contributed by atoms with Crippen molar-refractivity contribution in [2.24, 2.45) is 0 Å². The third-order valence-electron chi connectivity index (χ3n) is 1.84. The first-order valence-corrected chi connectivity index (χ1v) is 4.65. The lowest BCUT2D eigenvalue weighted by molar-refractivity contribution is 0.381. The maximum atomic E-state index is 5.77. The quantitative estimate of drug-likeness (QED) is 0.762. The molecule has 0 amide bonds. The highest BCUT2D eigenvalue weighted by Crippen LogP contribution is 2.12. The molecule has 0 N–H and O–H groups in total. The van der Waals surface area contributed by atoms with E-state index in [1.807, 2.05) is 24.3 Å². The number of hydrogen-bond acceptors (Lipinski definition) is 3. The second kappa shape index (κ2) is 3.80. The van der Waals surface area contributed by atoms with Crippen molar-refractivity contribution < 1.29 is 4.52 Å². The molecule has 0 aliphatic rings. The van der Waals surface area contributed by atoms with Crippen molar-refractivity contribution in [3.63, 3.8) is 0 Å². The molecule has 0 aliphatic heterocycles. The van der Waals surface area contributed by atoms with Gasteiger partial charge in [-0.3, -0.25) is 0 Å². The van der Waals surface area contributed by atoms with Crippen LogP contribution in [0.2, 0.25) is 5.02 Å². The Morgan fingerprint density at radius 3 is 2.57 bits per heavy atom. The second-order valence-electron chi connectivity index (χ2n) is 3.04. The Morgan fingerprint density at radius 1 is 1.29 bits per heavy atom. The van der Waals surface area contributed by atoms with E-state index in [0.717, 1.165) is 10.6 Å². The first-order chi connectivity index (χ1) is 6.74. The van der Waals surface area contributed by atoms with E-state index in [0.29, 0.717) is 18.1 Å². The smallest absolute Gasteiger partial charge is 0.231 e. The van der Waals surface area contributed by atoms with E-state index in [-0.39, 0.29) is 0 Å². The molecule has 4 heteroatoms. The average molecular weight is 209 g/mol. The molecule has 0 saturated carbocycles. The van der Waals surface area contributed by atoms with Gasteiger partial charge in [0.25, 0.3) is 0 Å². The summed E-state index contributed by atoms with van der Waals surface area (Å²) in [5, 5.41) is 4.45. The highest BCUT2D eigenvalue weighted by atomic mass is 35.5. The standard InChI is InChI=1S/C10H9ClN2O/c1-7-12-10(14-13-7)6-8-2-4-9(11)5-3-8/h2-5H,6H2,1H3. The SMILES string of the molecule is Cc1noc(Cc2ccc(Cl)cc2)n1. The molecule has 0 radical (unpaired) electrons. The number of aromatic nitrogens is 2. The van der Waals surface area contributed by atoms with Crippen LogP contribution in [0.4, 0.5) is 0 Å². The number of aryl methyl sites for hydroxylation is 1. The fourth-order valence-corrected chi connectivity index (χ4v) is 1.31. The molecule has 0 aliphatic carbocycles. The number of nitrogens with zero attached hydrogens (tertiary/aromatic N) is 2. The Balaban J connectivity index is 2.15. The number of halogens is 1. The number of hydrogen-bond donors (Lipinski definition) is 0. The fraction of sp³-hybridized carbons (Fsp3) is 0.200. The number of benzene rings is 1. The van der Waals surface area contributed by atoms with Gasteiger partial charge in [0.15, 0.2) is 5.82 Å². The Hall–Kier alpha value is -1.35. The summed E-state index contributed by atoms with van der Waals surface area (Å²) in [5.41, 5.74) is 1.11. The molecule has 0 atom stereocenters. The van der Waals surface area contributed by atoms with Crippen molar-refractivity contribution in [1.82, 2.24) is 10.1 Å². The summed E-state index contributed by atoms with van der Waals surface area (Å²) in [6.07, 6.45) is 0.651. The van der Waals surface area contributed by atoms with Gasteiger partial charge in [-0.1, -0.05) is 28.9 Å². The van der Waals surface area contributed by atoms with E-state index >= 15 is 0 Å². The van der Waals surface area contributed by atoms with Gasteiger partial charge >= 0.3 is 0 Å². The third kappa shape index (κ3) is 2.12.